The number of ketones is 1. The van der Waals surface area contributed by atoms with Crippen molar-refractivity contribution in [3.63, 3.8) is 0 Å². The van der Waals surface area contributed by atoms with Crippen LogP contribution in [0.1, 0.15) is 33.2 Å². The van der Waals surface area contributed by atoms with E-state index in [0.29, 0.717) is 12.2 Å². The van der Waals surface area contributed by atoms with Gasteiger partial charge in [-0.3, -0.25) is 14.9 Å². The van der Waals surface area contributed by atoms with Crippen molar-refractivity contribution in [2.24, 2.45) is 0 Å². The lowest BCUT2D eigenvalue weighted by Crippen LogP contribution is -2.09. The highest BCUT2D eigenvalue weighted by atomic mass is 16.6. The Bertz CT molecular complexity index is 1120. The Kier molecular flexibility index (Phi) is 6.90. The van der Waals surface area contributed by atoms with Crippen molar-refractivity contribution < 1.29 is 24.0 Å². The average Bonchev–Trinajstić information content (AvgIpc) is 2.79. The summed E-state index contributed by atoms with van der Waals surface area (Å²) in [6.07, 6.45) is 3.16. The summed E-state index contributed by atoms with van der Waals surface area (Å²) >= 11 is 0. The number of esters is 1. The molecule has 0 spiro atoms. The Hall–Kier alpha value is -4.26. The quantitative estimate of drug-likeness (QED) is 0.126. The number of rotatable bonds is 8. The molecule has 3 aromatic carbocycles. The van der Waals surface area contributed by atoms with Gasteiger partial charge in [0.05, 0.1) is 17.1 Å². The van der Waals surface area contributed by atoms with Crippen molar-refractivity contribution >= 4 is 23.5 Å². The van der Waals surface area contributed by atoms with Crippen molar-refractivity contribution in [2.75, 3.05) is 6.61 Å². The average molecular weight is 417 g/mol. The molecular weight excluding hydrogens is 398 g/mol. The smallest absolute Gasteiger partial charge is 0.343 e. The van der Waals surface area contributed by atoms with Gasteiger partial charge in [-0.1, -0.05) is 24.3 Å². The van der Waals surface area contributed by atoms with E-state index in [2.05, 4.69) is 0 Å². The van der Waals surface area contributed by atoms with Crippen LogP contribution in [0.15, 0.2) is 78.9 Å². The SMILES string of the molecule is CCOc1ccc(/C=C/C(=O)c2ccc(OC(=O)c3cccc([N+](=O)[O-])c3)cc2)cc1. The number of nitro groups is 1. The van der Waals surface area contributed by atoms with Gasteiger partial charge in [-0.2, -0.15) is 0 Å². The van der Waals surface area contributed by atoms with Crippen LogP contribution in [0.5, 0.6) is 11.5 Å². The summed E-state index contributed by atoms with van der Waals surface area (Å²) < 4.78 is 10.6. The fourth-order valence-corrected chi connectivity index (χ4v) is 2.71. The standard InChI is InChI=1S/C24H19NO6/c1-2-30-21-11-6-17(7-12-21)8-15-23(26)18-9-13-22(14-10-18)31-24(27)19-4-3-5-20(16-19)25(28)29/h3-16H,2H2,1H3/b15-8+. The van der Waals surface area contributed by atoms with E-state index in [-0.39, 0.29) is 22.8 Å². The van der Waals surface area contributed by atoms with Crippen LogP contribution >= 0.6 is 0 Å². The largest absolute Gasteiger partial charge is 0.494 e. The lowest BCUT2D eigenvalue weighted by Gasteiger charge is -2.05. The fraction of sp³-hybridized carbons (Fsp3) is 0.0833. The Morgan fingerprint density at radius 3 is 2.26 bits per heavy atom. The second-order valence-electron chi connectivity index (χ2n) is 6.42. The minimum atomic E-state index is -0.724. The van der Waals surface area contributed by atoms with Gasteiger partial charge in [-0.15, -0.1) is 0 Å². The molecule has 0 unspecified atom stereocenters. The third-order valence-corrected chi connectivity index (χ3v) is 4.26. The first-order valence-electron chi connectivity index (χ1n) is 9.48. The molecule has 0 N–H and O–H groups in total. The number of hydrogen-bond acceptors (Lipinski definition) is 6. The minimum Gasteiger partial charge on any atom is -0.494 e. The topological polar surface area (TPSA) is 95.7 Å². The molecule has 0 amide bonds. The van der Waals surface area contributed by atoms with E-state index in [4.69, 9.17) is 9.47 Å². The Balaban J connectivity index is 1.62. The third kappa shape index (κ3) is 5.86. The molecule has 0 saturated carbocycles. The van der Waals surface area contributed by atoms with Crippen molar-refractivity contribution in [3.05, 3.63) is 106 Å². The van der Waals surface area contributed by atoms with Crippen LogP contribution in [-0.2, 0) is 0 Å². The van der Waals surface area contributed by atoms with E-state index in [1.165, 1.54) is 36.4 Å². The van der Waals surface area contributed by atoms with Crippen LogP contribution in [0.3, 0.4) is 0 Å². The number of carbonyl (C=O) groups excluding carboxylic acids is 2. The number of benzene rings is 3. The zero-order valence-electron chi connectivity index (χ0n) is 16.7. The van der Waals surface area contributed by atoms with E-state index < -0.39 is 10.9 Å². The van der Waals surface area contributed by atoms with Crippen LogP contribution < -0.4 is 9.47 Å². The summed E-state index contributed by atoms with van der Waals surface area (Å²) in [5.41, 5.74) is 1.15. The zero-order valence-corrected chi connectivity index (χ0v) is 16.7. The van der Waals surface area contributed by atoms with Crippen LogP contribution in [0.25, 0.3) is 6.08 Å². The van der Waals surface area contributed by atoms with Gasteiger partial charge in [0, 0.05) is 17.7 Å². The first kappa shape index (κ1) is 21.4. The summed E-state index contributed by atoms with van der Waals surface area (Å²) in [6.45, 7) is 2.50. The Labute approximate surface area is 178 Å². The molecule has 3 rings (SSSR count). The molecule has 0 radical (unpaired) electrons. The van der Waals surface area contributed by atoms with Gasteiger partial charge >= 0.3 is 5.97 Å². The molecule has 7 heteroatoms. The van der Waals surface area contributed by atoms with E-state index in [0.717, 1.165) is 17.4 Å². The highest BCUT2D eigenvalue weighted by molar-refractivity contribution is 6.06. The number of ether oxygens (including phenoxy) is 2. The molecule has 0 heterocycles. The molecule has 0 aliphatic rings. The first-order chi connectivity index (χ1) is 15.0. The molecule has 7 nitrogen and oxygen atoms in total. The monoisotopic (exact) mass is 417 g/mol. The number of hydrogen-bond donors (Lipinski definition) is 0. The van der Waals surface area contributed by atoms with Gasteiger partial charge in [0.2, 0.25) is 0 Å². The lowest BCUT2D eigenvalue weighted by molar-refractivity contribution is -0.384. The first-order valence-corrected chi connectivity index (χ1v) is 9.48. The third-order valence-electron chi connectivity index (χ3n) is 4.26. The van der Waals surface area contributed by atoms with Crippen LogP contribution in [-0.4, -0.2) is 23.3 Å². The Morgan fingerprint density at radius 2 is 1.61 bits per heavy atom. The molecule has 0 aliphatic heterocycles. The number of nitro benzene ring substituents is 1. The van der Waals surface area contributed by atoms with Crippen LogP contribution in [0, 0.1) is 10.1 Å². The van der Waals surface area contributed by atoms with Crippen LogP contribution in [0.4, 0.5) is 5.69 Å². The molecule has 0 atom stereocenters. The summed E-state index contributed by atoms with van der Waals surface area (Å²) in [4.78, 5) is 34.8. The number of nitrogens with zero attached hydrogens (tertiary/aromatic N) is 1. The van der Waals surface area contributed by atoms with E-state index in [9.17, 15) is 19.7 Å². The maximum absolute atomic E-state index is 12.4. The van der Waals surface area contributed by atoms with Crippen molar-refractivity contribution in [2.45, 2.75) is 6.92 Å². The van der Waals surface area contributed by atoms with Gasteiger partial charge < -0.3 is 9.47 Å². The second-order valence-corrected chi connectivity index (χ2v) is 6.42. The fourth-order valence-electron chi connectivity index (χ4n) is 2.71. The molecule has 0 aromatic heterocycles. The molecule has 0 aliphatic carbocycles. The van der Waals surface area contributed by atoms with E-state index in [1.54, 1.807) is 18.2 Å². The predicted octanol–water partition coefficient (Wildman–Crippen LogP) is 5.11. The summed E-state index contributed by atoms with van der Waals surface area (Å²) in [7, 11) is 0. The molecule has 0 bridgehead atoms. The Morgan fingerprint density at radius 1 is 0.935 bits per heavy atom. The van der Waals surface area contributed by atoms with Gasteiger partial charge in [0.1, 0.15) is 11.5 Å². The summed E-state index contributed by atoms with van der Waals surface area (Å²) in [5, 5.41) is 10.8. The lowest BCUT2D eigenvalue weighted by atomic mass is 10.1. The molecule has 3 aromatic rings. The summed E-state index contributed by atoms with van der Waals surface area (Å²) in [6, 6.07) is 18.7. The number of carbonyl (C=O) groups is 2. The molecule has 31 heavy (non-hydrogen) atoms. The minimum absolute atomic E-state index is 0.0626. The van der Waals surface area contributed by atoms with Crippen LogP contribution in [0.2, 0.25) is 0 Å². The highest BCUT2D eigenvalue weighted by Gasteiger charge is 2.13. The van der Waals surface area contributed by atoms with Gasteiger partial charge in [0.25, 0.3) is 5.69 Å². The summed E-state index contributed by atoms with van der Waals surface area (Å²) in [5.74, 6) is 0.0633. The van der Waals surface area contributed by atoms with Crippen molar-refractivity contribution in [1.82, 2.24) is 0 Å². The molecule has 156 valence electrons. The predicted molar refractivity (Wildman–Crippen MR) is 115 cm³/mol. The zero-order chi connectivity index (χ0) is 22.2. The number of allylic oxidation sites excluding steroid dienone is 1. The maximum atomic E-state index is 12.4. The maximum Gasteiger partial charge on any atom is 0.343 e. The van der Waals surface area contributed by atoms with Gasteiger partial charge in [0.15, 0.2) is 5.78 Å². The highest BCUT2D eigenvalue weighted by Crippen LogP contribution is 2.18. The van der Waals surface area contributed by atoms with Gasteiger partial charge in [-0.25, -0.2) is 4.79 Å². The molecule has 0 saturated heterocycles. The second kappa shape index (κ2) is 9.98. The van der Waals surface area contributed by atoms with Crippen molar-refractivity contribution in [3.8, 4) is 11.5 Å². The van der Waals surface area contributed by atoms with Gasteiger partial charge in [-0.05, 0) is 61.0 Å². The van der Waals surface area contributed by atoms with E-state index >= 15 is 0 Å². The van der Waals surface area contributed by atoms with E-state index in [1.807, 2.05) is 31.2 Å². The molecular formula is C24H19NO6. The van der Waals surface area contributed by atoms with Crippen molar-refractivity contribution in [1.29, 1.82) is 0 Å². The number of non-ortho nitro benzene ring substituents is 1. The molecule has 0 fully saturated rings. The normalized spacial score (nSPS) is 10.6.